The topological polar surface area (TPSA) is 84.9 Å². The third kappa shape index (κ3) is 4.56. The fraction of sp³-hybridized carbons (Fsp3) is 0.318. The summed E-state index contributed by atoms with van der Waals surface area (Å²) in [4.78, 5) is 38.5. The average molecular weight is 396 g/mol. The zero-order chi connectivity index (χ0) is 20.8. The molecule has 2 aromatic carbocycles. The SMILES string of the molecule is CCCCN1C(=O)c2ccc(C(=O)NCCOc3cccc(OC)c3)cc2C1=O. The molecule has 0 saturated carbocycles. The van der Waals surface area contributed by atoms with Gasteiger partial charge in [-0.05, 0) is 36.8 Å². The summed E-state index contributed by atoms with van der Waals surface area (Å²) in [5.74, 6) is 0.380. The van der Waals surface area contributed by atoms with Gasteiger partial charge in [0.1, 0.15) is 18.1 Å². The Bertz CT molecular complexity index is 925. The molecule has 1 heterocycles. The number of fused-ring (bicyclic) bond motifs is 1. The number of nitrogens with one attached hydrogen (secondary N) is 1. The molecular weight excluding hydrogens is 372 g/mol. The third-order valence-electron chi connectivity index (χ3n) is 4.67. The number of ether oxygens (including phenoxy) is 2. The molecule has 3 rings (SSSR count). The summed E-state index contributed by atoms with van der Waals surface area (Å²) >= 11 is 0. The van der Waals surface area contributed by atoms with Gasteiger partial charge in [-0.15, -0.1) is 0 Å². The van der Waals surface area contributed by atoms with Gasteiger partial charge in [-0.1, -0.05) is 19.4 Å². The first kappa shape index (κ1) is 20.4. The number of hydrogen-bond donors (Lipinski definition) is 1. The fourth-order valence-electron chi connectivity index (χ4n) is 3.08. The van der Waals surface area contributed by atoms with Gasteiger partial charge in [-0.25, -0.2) is 0 Å². The number of unbranched alkanes of at least 4 members (excludes halogenated alkanes) is 1. The van der Waals surface area contributed by atoms with E-state index in [2.05, 4.69) is 5.32 Å². The molecule has 1 aliphatic rings. The highest BCUT2D eigenvalue weighted by Gasteiger charge is 2.35. The zero-order valence-corrected chi connectivity index (χ0v) is 16.6. The predicted molar refractivity (Wildman–Crippen MR) is 108 cm³/mol. The van der Waals surface area contributed by atoms with Gasteiger partial charge in [0.2, 0.25) is 0 Å². The number of amides is 3. The van der Waals surface area contributed by atoms with Gasteiger partial charge in [-0.2, -0.15) is 0 Å². The van der Waals surface area contributed by atoms with Crippen molar-refractivity contribution in [2.75, 3.05) is 26.8 Å². The Hall–Kier alpha value is -3.35. The second kappa shape index (κ2) is 9.23. The van der Waals surface area contributed by atoms with Crippen molar-refractivity contribution in [2.24, 2.45) is 0 Å². The van der Waals surface area contributed by atoms with E-state index in [1.165, 1.54) is 11.0 Å². The molecule has 2 aromatic rings. The highest BCUT2D eigenvalue weighted by molar-refractivity contribution is 6.22. The maximum absolute atomic E-state index is 12.5. The van der Waals surface area contributed by atoms with E-state index < -0.39 is 0 Å². The van der Waals surface area contributed by atoms with Crippen LogP contribution in [0.15, 0.2) is 42.5 Å². The van der Waals surface area contributed by atoms with Crippen LogP contribution in [-0.4, -0.2) is 49.4 Å². The number of rotatable bonds is 9. The van der Waals surface area contributed by atoms with E-state index in [-0.39, 0.29) is 29.9 Å². The highest BCUT2D eigenvalue weighted by Crippen LogP contribution is 2.24. The number of methoxy groups -OCH3 is 1. The molecule has 0 bridgehead atoms. The minimum atomic E-state index is -0.338. The molecule has 0 aliphatic carbocycles. The molecule has 3 amide bonds. The number of hydrogen-bond acceptors (Lipinski definition) is 5. The molecule has 0 saturated heterocycles. The molecule has 29 heavy (non-hydrogen) atoms. The number of carbonyl (C=O) groups is 3. The van der Waals surface area contributed by atoms with Gasteiger partial charge in [-0.3, -0.25) is 19.3 Å². The normalized spacial score (nSPS) is 12.7. The molecule has 0 radical (unpaired) electrons. The summed E-state index contributed by atoms with van der Waals surface area (Å²) in [5, 5.41) is 2.76. The first-order chi connectivity index (χ1) is 14.0. The van der Waals surface area contributed by atoms with E-state index in [1.54, 1.807) is 31.4 Å². The van der Waals surface area contributed by atoms with Crippen molar-refractivity contribution in [1.82, 2.24) is 10.2 Å². The maximum Gasteiger partial charge on any atom is 0.261 e. The Morgan fingerprint density at radius 2 is 1.79 bits per heavy atom. The molecule has 1 aliphatic heterocycles. The number of nitrogens with zero attached hydrogens (tertiary/aromatic N) is 1. The lowest BCUT2D eigenvalue weighted by molar-refractivity contribution is 0.0652. The first-order valence-electron chi connectivity index (χ1n) is 9.60. The van der Waals surface area contributed by atoms with Gasteiger partial charge in [0, 0.05) is 18.2 Å². The molecule has 0 spiro atoms. The van der Waals surface area contributed by atoms with Crippen LogP contribution in [0.2, 0.25) is 0 Å². The van der Waals surface area contributed by atoms with Crippen LogP contribution in [0, 0.1) is 0 Å². The minimum absolute atomic E-state index is 0.284. The molecule has 0 atom stereocenters. The standard InChI is InChI=1S/C22H24N2O5/c1-3-4-11-24-21(26)18-9-8-15(13-19(18)22(24)27)20(25)23-10-12-29-17-7-5-6-16(14-17)28-2/h5-9,13-14H,3-4,10-12H2,1-2H3,(H,23,25). The van der Waals surface area contributed by atoms with E-state index >= 15 is 0 Å². The smallest absolute Gasteiger partial charge is 0.261 e. The average Bonchev–Trinajstić information content (AvgIpc) is 2.99. The molecule has 7 nitrogen and oxygen atoms in total. The van der Waals surface area contributed by atoms with Crippen molar-refractivity contribution in [3.05, 3.63) is 59.2 Å². The monoisotopic (exact) mass is 396 g/mol. The largest absolute Gasteiger partial charge is 0.497 e. The van der Waals surface area contributed by atoms with Crippen molar-refractivity contribution < 1.29 is 23.9 Å². The summed E-state index contributed by atoms with van der Waals surface area (Å²) < 4.78 is 10.7. The molecular formula is C22H24N2O5. The van der Waals surface area contributed by atoms with Crippen LogP contribution in [0.25, 0.3) is 0 Å². The summed E-state index contributed by atoms with van der Waals surface area (Å²) in [6, 6.07) is 11.8. The molecule has 0 aromatic heterocycles. The van der Waals surface area contributed by atoms with E-state index in [0.29, 0.717) is 35.7 Å². The third-order valence-corrected chi connectivity index (χ3v) is 4.67. The van der Waals surface area contributed by atoms with Crippen molar-refractivity contribution in [3.63, 3.8) is 0 Å². The van der Waals surface area contributed by atoms with Crippen LogP contribution >= 0.6 is 0 Å². The lowest BCUT2D eigenvalue weighted by Gasteiger charge is -2.12. The van der Waals surface area contributed by atoms with Crippen molar-refractivity contribution in [3.8, 4) is 11.5 Å². The molecule has 7 heteroatoms. The van der Waals surface area contributed by atoms with E-state index in [4.69, 9.17) is 9.47 Å². The van der Waals surface area contributed by atoms with E-state index in [1.807, 2.05) is 19.1 Å². The van der Waals surface area contributed by atoms with Crippen LogP contribution < -0.4 is 14.8 Å². The van der Waals surface area contributed by atoms with Crippen LogP contribution in [0.3, 0.4) is 0 Å². The zero-order valence-electron chi connectivity index (χ0n) is 16.6. The Kier molecular flexibility index (Phi) is 6.49. The van der Waals surface area contributed by atoms with E-state index in [9.17, 15) is 14.4 Å². The lowest BCUT2D eigenvalue weighted by atomic mass is 10.1. The van der Waals surface area contributed by atoms with Gasteiger partial charge in [0.15, 0.2) is 0 Å². The van der Waals surface area contributed by atoms with E-state index in [0.717, 1.165) is 12.8 Å². The number of imide groups is 1. The van der Waals surface area contributed by atoms with Crippen LogP contribution in [0.1, 0.15) is 50.8 Å². The van der Waals surface area contributed by atoms with Gasteiger partial charge in [0.25, 0.3) is 17.7 Å². The van der Waals surface area contributed by atoms with Crippen molar-refractivity contribution >= 4 is 17.7 Å². The van der Waals surface area contributed by atoms with Crippen LogP contribution in [-0.2, 0) is 0 Å². The van der Waals surface area contributed by atoms with Gasteiger partial charge < -0.3 is 14.8 Å². The van der Waals surface area contributed by atoms with Crippen LogP contribution in [0.5, 0.6) is 11.5 Å². The predicted octanol–water partition coefficient (Wildman–Crippen LogP) is 2.90. The van der Waals surface area contributed by atoms with Crippen LogP contribution in [0.4, 0.5) is 0 Å². The summed E-state index contributed by atoms with van der Waals surface area (Å²) in [6.07, 6.45) is 1.64. The Morgan fingerprint density at radius 3 is 2.55 bits per heavy atom. The quantitative estimate of drug-likeness (QED) is 0.520. The van der Waals surface area contributed by atoms with Crippen molar-refractivity contribution in [1.29, 1.82) is 0 Å². The Morgan fingerprint density at radius 1 is 1.03 bits per heavy atom. The maximum atomic E-state index is 12.5. The molecule has 0 unspecified atom stereocenters. The summed E-state index contributed by atoms with van der Waals surface area (Å²) in [7, 11) is 1.58. The first-order valence-corrected chi connectivity index (χ1v) is 9.60. The summed E-state index contributed by atoms with van der Waals surface area (Å²) in [5.41, 5.74) is 0.971. The molecule has 0 fully saturated rings. The minimum Gasteiger partial charge on any atom is -0.497 e. The second-order valence-corrected chi connectivity index (χ2v) is 6.66. The highest BCUT2D eigenvalue weighted by atomic mass is 16.5. The second-order valence-electron chi connectivity index (χ2n) is 6.66. The molecule has 1 N–H and O–H groups in total. The lowest BCUT2D eigenvalue weighted by Crippen LogP contribution is -2.30. The van der Waals surface area contributed by atoms with Gasteiger partial charge in [0.05, 0.1) is 24.8 Å². The number of carbonyl (C=O) groups excluding carboxylic acids is 3. The summed E-state index contributed by atoms with van der Waals surface area (Å²) in [6.45, 7) is 2.97. The van der Waals surface area contributed by atoms with Crippen molar-refractivity contribution in [2.45, 2.75) is 19.8 Å². The fourth-order valence-corrected chi connectivity index (χ4v) is 3.08. The Balaban J connectivity index is 1.56. The number of benzene rings is 2. The Labute approximate surface area is 169 Å². The van der Waals surface area contributed by atoms with Gasteiger partial charge >= 0.3 is 0 Å². The molecule has 152 valence electrons.